The number of benzene rings is 2. The summed E-state index contributed by atoms with van der Waals surface area (Å²) < 4.78 is 51.6. The molecule has 2 aromatic carbocycles. The molecular formula is C26H34N3NaO6S2. The van der Waals surface area contributed by atoms with Crippen LogP contribution < -0.4 is 39.6 Å². The van der Waals surface area contributed by atoms with Gasteiger partial charge in [0.05, 0.1) is 23.0 Å². The maximum Gasteiger partial charge on any atom is 1.00 e. The number of nitrogens with zero attached hydrogens (tertiary/aromatic N) is 1. The number of sulfonamides is 1. The van der Waals surface area contributed by atoms with Crippen molar-refractivity contribution >= 4 is 49.6 Å². The number of hydrogen-bond acceptors (Lipinski definition) is 8. The molecule has 12 heteroatoms. The molecule has 0 fully saturated rings. The molecule has 202 valence electrons. The minimum absolute atomic E-state index is 0. The van der Waals surface area contributed by atoms with Gasteiger partial charge in [-0.05, 0) is 36.6 Å². The monoisotopic (exact) mass is 571 g/mol. The molecule has 4 rings (SSSR count). The van der Waals surface area contributed by atoms with E-state index in [1.165, 1.54) is 18.2 Å². The molecule has 0 radical (unpaired) electrons. The molecule has 0 amide bonds. The van der Waals surface area contributed by atoms with Crippen LogP contribution in [0.15, 0.2) is 57.3 Å². The van der Waals surface area contributed by atoms with E-state index >= 15 is 0 Å². The molecule has 2 aliphatic rings. The first-order valence-corrected chi connectivity index (χ1v) is 15.7. The average Bonchev–Trinajstić information content (AvgIpc) is 2.83. The summed E-state index contributed by atoms with van der Waals surface area (Å²) in [6, 6.07) is 11.5. The molecule has 5 N–H and O–H groups in total. The van der Waals surface area contributed by atoms with E-state index in [0.717, 1.165) is 37.5 Å². The fraction of sp³-hybridized carbons (Fsp3) is 0.385. The molecule has 0 bridgehead atoms. The Morgan fingerprint density at radius 2 is 1.71 bits per heavy atom. The summed E-state index contributed by atoms with van der Waals surface area (Å²) in [4.78, 5) is 14.3. The van der Waals surface area contributed by atoms with Gasteiger partial charge in [-0.15, -0.1) is 4.40 Å². The van der Waals surface area contributed by atoms with E-state index in [1.807, 2.05) is 12.1 Å². The van der Waals surface area contributed by atoms with Gasteiger partial charge in [0.15, 0.2) is 11.6 Å². The van der Waals surface area contributed by atoms with Gasteiger partial charge in [-0.25, -0.2) is 8.42 Å². The molecule has 0 unspecified atom stereocenters. The van der Waals surface area contributed by atoms with Crippen LogP contribution in [0, 0.1) is 0 Å². The number of nitrogens with one attached hydrogen (secondary N) is 2. The number of carbonyl (C=O) groups excluding carboxylic acids is 1. The molecule has 2 aromatic rings. The number of amidine groups is 1. The SMILES string of the molecule is CCCCC1(CCCC)C(=O)C(C2=NS(O)(O)c3cc(NS(C)(=O)=O)ccc3N2)=C(O)c2ccccc21.[H-].[Na+]. The molecular weight excluding hydrogens is 537 g/mol. The third-order valence-corrected chi connectivity index (χ3v) is 8.77. The predicted octanol–water partition coefficient (Wildman–Crippen LogP) is 3.19. The molecule has 0 saturated carbocycles. The first-order chi connectivity index (χ1) is 17.4. The Morgan fingerprint density at radius 3 is 2.32 bits per heavy atom. The Labute approximate surface area is 249 Å². The fourth-order valence-electron chi connectivity index (χ4n) is 5.07. The van der Waals surface area contributed by atoms with Gasteiger partial charge in [-0.2, -0.15) is 0 Å². The van der Waals surface area contributed by atoms with Crippen molar-refractivity contribution in [3.63, 3.8) is 0 Å². The van der Waals surface area contributed by atoms with E-state index in [9.17, 15) is 27.4 Å². The van der Waals surface area contributed by atoms with Crippen molar-refractivity contribution in [2.24, 2.45) is 4.40 Å². The Bertz CT molecular complexity index is 1400. The van der Waals surface area contributed by atoms with Crippen LogP contribution >= 0.6 is 10.8 Å². The van der Waals surface area contributed by atoms with Crippen molar-refractivity contribution in [3.8, 4) is 0 Å². The number of carbonyl (C=O) groups is 1. The maximum atomic E-state index is 14.3. The normalized spacial score (nSPS) is 18.3. The zero-order chi connectivity index (χ0) is 27.0. The number of anilines is 2. The van der Waals surface area contributed by atoms with Gasteiger partial charge < -0.3 is 11.8 Å². The van der Waals surface area contributed by atoms with E-state index in [-0.39, 0.29) is 70.2 Å². The van der Waals surface area contributed by atoms with Crippen LogP contribution in [0.5, 0.6) is 0 Å². The van der Waals surface area contributed by atoms with E-state index in [1.54, 1.807) is 12.1 Å². The molecule has 0 spiro atoms. The summed E-state index contributed by atoms with van der Waals surface area (Å²) in [5.41, 5.74) is 0.760. The predicted molar refractivity (Wildman–Crippen MR) is 150 cm³/mol. The second kappa shape index (κ2) is 11.7. The van der Waals surface area contributed by atoms with Gasteiger partial charge in [-0.1, -0.05) is 74.6 Å². The number of Topliss-reactive ketones (excluding diaryl/α,β-unsaturated/α-hetero) is 1. The third kappa shape index (κ3) is 5.84. The zero-order valence-electron chi connectivity index (χ0n) is 23.1. The Balaban J connectivity index is 0.00000267. The van der Waals surface area contributed by atoms with Crippen molar-refractivity contribution < 1.29 is 58.4 Å². The molecule has 38 heavy (non-hydrogen) atoms. The zero-order valence-corrected chi connectivity index (χ0v) is 25.7. The largest absolute Gasteiger partial charge is 1.00 e. The van der Waals surface area contributed by atoms with Crippen LogP contribution in [0.3, 0.4) is 0 Å². The number of aliphatic hydroxyl groups is 1. The van der Waals surface area contributed by atoms with Gasteiger partial charge in [0.25, 0.3) is 0 Å². The fourth-order valence-corrected chi connectivity index (χ4v) is 6.82. The van der Waals surface area contributed by atoms with Crippen LogP contribution in [0.2, 0.25) is 0 Å². The number of fused-ring (bicyclic) bond motifs is 2. The van der Waals surface area contributed by atoms with Crippen molar-refractivity contribution in [1.82, 2.24) is 0 Å². The summed E-state index contributed by atoms with van der Waals surface area (Å²) in [5, 5.41) is 14.3. The minimum Gasteiger partial charge on any atom is -1.00 e. The number of unbranched alkanes of at least 4 members (excludes halogenated alkanes) is 2. The van der Waals surface area contributed by atoms with Crippen LogP contribution in [0.4, 0.5) is 11.4 Å². The maximum absolute atomic E-state index is 14.3. The molecule has 0 saturated heterocycles. The van der Waals surface area contributed by atoms with Gasteiger partial charge in [0.2, 0.25) is 10.0 Å². The Kier molecular flexibility index (Phi) is 9.45. The van der Waals surface area contributed by atoms with Gasteiger partial charge in [0, 0.05) is 5.56 Å². The molecule has 9 nitrogen and oxygen atoms in total. The summed E-state index contributed by atoms with van der Waals surface area (Å²) in [6.45, 7) is 4.12. The summed E-state index contributed by atoms with van der Waals surface area (Å²) >= 11 is 0. The standard InChI is InChI=1S/C26H33N3O6S2.Na.H/c1-4-6-14-26(15-7-5-2)19-11-9-8-10-18(19)23(30)22(24(26)31)25-27-20-13-12-17(28-36(3,32)33)16-21(20)37(34,35)29-25;;/h8-13,16,28,30,34-35H,4-7,14-15H2,1-3H3,(H,27,29);;/q;+1;-1. The van der Waals surface area contributed by atoms with Crippen LogP contribution in [0.1, 0.15) is 64.9 Å². The summed E-state index contributed by atoms with van der Waals surface area (Å²) in [7, 11) is -7.41. The van der Waals surface area contributed by atoms with Crippen molar-refractivity contribution in [2.45, 2.75) is 62.7 Å². The van der Waals surface area contributed by atoms with Crippen LogP contribution in [-0.4, -0.2) is 40.5 Å². The minimum atomic E-state index is -3.82. The number of hydrogen-bond donors (Lipinski definition) is 5. The number of ketones is 1. The second-order valence-corrected chi connectivity index (χ2v) is 13.0. The average molecular weight is 572 g/mol. The van der Waals surface area contributed by atoms with E-state index < -0.39 is 26.2 Å². The first-order valence-electron chi connectivity index (χ1n) is 12.3. The van der Waals surface area contributed by atoms with Gasteiger partial charge in [0.1, 0.15) is 16.2 Å². The smallest absolute Gasteiger partial charge is 1.00 e. The first kappa shape index (κ1) is 30.7. The van der Waals surface area contributed by atoms with E-state index in [2.05, 4.69) is 28.3 Å². The van der Waals surface area contributed by atoms with Crippen molar-refractivity contribution in [3.05, 3.63) is 59.2 Å². The molecule has 1 heterocycles. The van der Waals surface area contributed by atoms with Crippen molar-refractivity contribution in [2.75, 3.05) is 16.3 Å². The Hall–Kier alpha value is -1.86. The van der Waals surface area contributed by atoms with E-state index in [4.69, 9.17) is 0 Å². The molecule has 0 aromatic heterocycles. The third-order valence-electron chi connectivity index (χ3n) is 6.80. The molecule has 0 atom stereocenters. The Morgan fingerprint density at radius 1 is 1.08 bits per heavy atom. The van der Waals surface area contributed by atoms with Crippen molar-refractivity contribution in [1.29, 1.82) is 0 Å². The molecule has 1 aliphatic carbocycles. The van der Waals surface area contributed by atoms with Gasteiger partial charge in [-0.3, -0.25) is 18.6 Å². The number of aliphatic hydroxyl groups excluding tert-OH is 1. The second-order valence-electron chi connectivity index (χ2n) is 9.56. The number of rotatable bonds is 9. The quantitative estimate of drug-likeness (QED) is 0.290. The van der Waals surface area contributed by atoms with Crippen LogP contribution in [-0.2, 0) is 20.2 Å². The topological polar surface area (TPSA) is 148 Å². The van der Waals surface area contributed by atoms with E-state index in [0.29, 0.717) is 18.4 Å². The van der Waals surface area contributed by atoms with Gasteiger partial charge >= 0.3 is 29.6 Å². The molecule has 1 aliphatic heterocycles. The summed E-state index contributed by atoms with van der Waals surface area (Å²) in [5.74, 6) is -0.680. The summed E-state index contributed by atoms with van der Waals surface area (Å²) in [6.07, 6.45) is 5.59. The van der Waals surface area contributed by atoms with Crippen LogP contribution in [0.25, 0.3) is 5.76 Å².